The zero-order valence-corrected chi connectivity index (χ0v) is 12.2. The minimum absolute atomic E-state index is 0.487. The summed E-state index contributed by atoms with van der Waals surface area (Å²) in [7, 11) is 1.61. The van der Waals surface area contributed by atoms with Crippen molar-refractivity contribution in [1.29, 1.82) is 5.41 Å². The number of ether oxygens (including phenoxy) is 1. The van der Waals surface area contributed by atoms with Crippen LogP contribution >= 0.6 is 11.8 Å². The summed E-state index contributed by atoms with van der Waals surface area (Å²) in [4.78, 5) is 0. The number of anilines is 2. The fourth-order valence-electron chi connectivity index (χ4n) is 1.87. The first-order valence-electron chi connectivity index (χ1n) is 5.96. The van der Waals surface area contributed by atoms with Crippen molar-refractivity contribution < 1.29 is 4.74 Å². The van der Waals surface area contributed by atoms with E-state index >= 15 is 0 Å². The number of methoxy groups -OCH3 is 1. The summed E-state index contributed by atoms with van der Waals surface area (Å²) in [6, 6.07) is 1.95. The number of nitrogens with two attached hydrogens (primary N) is 1. The molecule has 0 radical (unpaired) electrons. The topological polar surface area (TPSA) is 71.1 Å². The number of nitrogens with one attached hydrogen (secondary N) is 2. The lowest BCUT2D eigenvalue weighted by atomic mass is 10.0. The molecule has 1 aromatic carbocycles. The van der Waals surface area contributed by atoms with Crippen LogP contribution in [0.1, 0.15) is 25.0 Å². The van der Waals surface area contributed by atoms with Crippen molar-refractivity contribution in [3.05, 3.63) is 17.2 Å². The van der Waals surface area contributed by atoms with E-state index in [1.807, 2.05) is 19.2 Å². The second-order valence-electron chi connectivity index (χ2n) is 3.82. The van der Waals surface area contributed by atoms with Gasteiger partial charge in [0.05, 0.1) is 23.4 Å². The van der Waals surface area contributed by atoms with Gasteiger partial charge in [0.25, 0.3) is 0 Å². The van der Waals surface area contributed by atoms with Gasteiger partial charge in [0.1, 0.15) is 5.69 Å². The molecule has 0 heterocycles. The Morgan fingerprint density at radius 1 is 1.50 bits per heavy atom. The Labute approximate surface area is 113 Å². The van der Waals surface area contributed by atoms with E-state index in [-0.39, 0.29) is 0 Å². The van der Waals surface area contributed by atoms with Crippen molar-refractivity contribution in [3.63, 3.8) is 0 Å². The zero-order valence-electron chi connectivity index (χ0n) is 11.4. The summed E-state index contributed by atoms with van der Waals surface area (Å²) in [5.74, 6) is 0.658. The van der Waals surface area contributed by atoms with Crippen LogP contribution in [0.5, 0.6) is 5.75 Å². The van der Waals surface area contributed by atoms with Crippen LogP contribution < -0.4 is 15.8 Å². The highest BCUT2D eigenvalue weighted by Gasteiger charge is 2.18. The predicted octanol–water partition coefficient (Wildman–Crippen LogP) is 2.96. The highest BCUT2D eigenvalue weighted by Crippen LogP contribution is 2.38. The van der Waals surface area contributed by atoms with Crippen molar-refractivity contribution in [2.75, 3.05) is 31.0 Å². The van der Waals surface area contributed by atoms with Crippen LogP contribution in [0, 0.1) is 5.41 Å². The summed E-state index contributed by atoms with van der Waals surface area (Å²) in [6.45, 7) is 4.83. The maximum absolute atomic E-state index is 8.01. The lowest BCUT2D eigenvalue weighted by Crippen LogP contribution is -2.09. The van der Waals surface area contributed by atoms with E-state index in [1.165, 1.54) is 11.8 Å². The quantitative estimate of drug-likeness (QED) is 0.436. The Morgan fingerprint density at radius 2 is 2.17 bits per heavy atom. The van der Waals surface area contributed by atoms with Gasteiger partial charge in [-0.2, -0.15) is 0 Å². The second kappa shape index (κ2) is 6.54. The van der Waals surface area contributed by atoms with Gasteiger partial charge in [-0.15, -0.1) is 11.8 Å². The monoisotopic (exact) mass is 267 g/mol. The van der Waals surface area contributed by atoms with Crippen LogP contribution in [0.4, 0.5) is 11.4 Å². The molecule has 0 aromatic heterocycles. The molecule has 1 aromatic rings. The van der Waals surface area contributed by atoms with Gasteiger partial charge in [-0.05, 0) is 31.2 Å². The maximum atomic E-state index is 8.01. The molecule has 0 bridgehead atoms. The molecular formula is C13H21N3OS. The summed E-state index contributed by atoms with van der Waals surface area (Å²) in [6.07, 6.45) is 2.72. The van der Waals surface area contributed by atoms with Gasteiger partial charge < -0.3 is 15.8 Å². The Balaban J connectivity index is 3.50. The van der Waals surface area contributed by atoms with Gasteiger partial charge >= 0.3 is 0 Å². The third-order valence-electron chi connectivity index (χ3n) is 2.79. The lowest BCUT2D eigenvalue weighted by Gasteiger charge is -2.19. The molecular weight excluding hydrogens is 246 g/mol. The summed E-state index contributed by atoms with van der Waals surface area (Å²) in [5, 5.41) is 11.7. The van der Waals surface area contributed by atoms with E-state index in [0.29, 0.717) is 16.5 Å². The Morgan fingerprint density at radius 3 is 2.61 bits per heavy atom. The summed E-state index contributed by atoms with van der Waals surface area (Å²) < 4.78 is 5.44. The fraction of sp³-hybridized carbons (Fsp3) is 0.462. The molecule has 4 nitrogen and oxygen atoms in total. The molecule has 18 heavy (non-hydrogen) atoms. The Hall–Kier alpha value is -1.36. The van der Waals surface area contributed by atoms with Gasteiger partial charge in [0.15, 0.2) is 5.75 Å². The van der Waals surface area contributed by atoms with Gasteiger partial charge in [-0.1, -0.05) is 6.92 Å². The van der Waals surface area contributed by atoms with E-state index < -0.39 is 0 Å². The van der Waals surface area contributed by atoms with Gasteiger partial charge in [0, 0.05) is 6.54 Å². The minimum Gasteiger partial charge on any atom is -0.494 e. The van der Waals surface area contributed by atoms with Crippen molar-refractivity contribution in [2.45, 2.75) is 20.3 Å². The molecule has 0 atom stereocenters. The first-order valence-corrected chi connectivity index (χ1v) is 7.19. The zero-order chi connectivity index (χ0) is 13.7. The fourth-order valence-corrected chi connectivity index (χ4v) is 2.24. The summed E-state index contributed by atoms with van der Waals surface area (Å²) >= 11 is 1.39. The molecule has 0 unspecified atom stereocenters. The molecule has 100 valence electrons. The van der Waals surface area contributed by atoms with Crippen molar-refractivity contribution >= 4 is 28.2 Å². The van der Waals surface area contributed by atoms with Crippen LogP contribution in [0.3, 0.4) is 0 Å². The number of hydrogen-bond donors (Lipinski definition) is 3. The van der Waals surface area contributed by atoms with E-state index in [4.69, 9.17) is 15.9 Å². The first kappa shape index (κ1) is 14.7. The Kier molecular flexibility index (Phi) is 5.34. The molecule has 0 saturated heterocycles. The normalized spacial score (nSPS) is 10.2. The number of rotatable bonds is 5. The van der Waals surface area contributed by atoms with Gasteiger partial charge in [-0.3, -0.25) is 5.41 Å². The highest BCUT2D eigenvalue weighted by atomic mass is 32.2. The average molecular weight is 267 g/mol. The molecule has 0 aliphatic rings. The number of aryl methyl sites for hydroxylation is 1. The van der Waals surface area contributed by atoms with Gasteiger partial charge in [-0.25, -0.2) is 0 Å². The van der Waals surface area contributed by atoms with E-state index in [0.717, 1.165) is 29.8 Å². The SMILES string of the molecule is CCNc1c(N)c(CC)cc(C(=N)SC)c1OC. The molecule has 0 amide bonds. The summed E-state index contributed by atoms with van der Waals surface area (Å²) in [5.41, 5.74) is 9.50. The molecule has 4 N–H and O–H groups in total. The molecule has 0 spiro atoms. The van der Waals surface area contributed by atoms with Crippen molar-refractivity contribution in [3.8, 4) is 5.75 Å². The number of thioether (sulfide) groups is 1. The predicted molar refractivity (Wildman–Crippen MR) is 81.3 cm³/mol. The first-order chi connectivity index (χ1) is 8.60. The number of benzene rings is 1. The van der Waals surface area contributed by atoms with Crippen LogP contribution in [-0.4, -0.2) is 25.0 Å². The molecule has 1 rings (SSSR count). The van der Waals surface area contributed by atoms with Gasteiger partial charge in [0.2, 0.25) is 0 Å². The maximum Gasteiger partial charge on any atom is 0.154 e. The highest BCUT2D eigenvalue weighted by molar-refractivity contribution is 8.13. The van der Waals surface area contributed by atoms with E-state index in [2.05, 4.69) is 12.2 Å². The lowest BCUT2D eigenvalue weighted by molar-refractivity contribution is 0.416. The third kappa shape index (κ3) is 2.72. The molecule has 0 aliphatic carbocycles. The third-order valence-corrected chi connectivity index (χ3v) is 3.42. The van der Waals surface area contributed by atoms with E-state index in [9.17, 15) is 0 Å². The minimum atomic E-state index is 0.487. The Bertz CT molecular complexity index is 446. The second-order valence-corrected chi connectivity index (χ2v) is 4.64. The largest absolute Gasteiger partial charge is 0.494 e. The molecule has 0 fully saturated rings. The van der Waals surface area contributed by atoms with Crippen LogP contribution in [0.25, 0.3) is 0 Å². The standard InChI is InChI=1S/C13H21N3OS/c1-5-8-7-9(13(15)18-4)12(17-3)11(10(8)14)16-6-2/h7,15-16H,5-6,14H2,1-4H3. The van der Waals surface area contributed by atoms with Crippen molar-refractivity contribution in [1.82, 2.24) is 0 Å². The van der Waals surface area contributed by atoms with Crippen LogP contribution in [0.15, 0.2) is 6.07 Å². The molecule has 0 aliphatic heterocycles. The van der Waals surface area contributed by atoms with Crippen molar-refractivity contribution in [2.24, 2.45) is 0 Å². The van der Waals surface area contributed by atoms with E-state index in [1.54, 1.807) is 7.11 Å². The number of hydrogen-bond acceptors (Lipinski definition) is 5. The van der Waals surface area contributed by atoms with Crippen LogP contribution in [-0.2, 0) is 6.42 Å². The van der Waals surface area contributed by atoms with Crippen LogP contribution in [0.2, 0.25) is 0 Å². The average Bonchev–Trinajstić information content (AvgIpc) is 2.39. The molecule has 0 saturated carbocycles. The smallest absolute Gasteiger partial charge is 0.154 e. The number of nitrogen functional groups attached to an aromatic ring is 1. The molecule has 5 heteroatoms.